The molecule has 5 nitrogen and oxygen atoms in total. The minimum atomic E-state index is -0.489. The van der Waals surface area contributed by atoms with Crippen LogP contribution >= 0.6 is 0 Å². The molecule has 1 rings (SSSR count). The van der Waals surface area contributed by atoms with E-state index in [0.29, 0.717) is 12.4 Å². The zero-order valence-electron chi connectivity index (χ0n) is 10.7. The number of ether oxygens (including phenoxy) is 1. The number of carbonyl (C=O) groups excluding carboxylic acids is 1. The summed E-state index contributed by atoms with van der Waals surface area (Å²) in [5.74, 6) is 0.475. The molecule has 0 radical (unpaired) electrons. The molecule has 1 aromatic heterocycles. The van der Waals surface area contributed by atoms with Gasteiger partial charge in [0.05, 0.1) is 18.5 Å². The van der Waals surface area contributed by atoms with Crippen LogP contribution in [0.15, 0.2) is 18.3 Å². The van der Waals surface area contributed by atoms with Gasteiger partial charge in [0.2, 0.25) is 0 Å². The molecule has 0 bridgehead atoms. The number of anilines is 2. The molecule has 0 saturated heterocycles. The Labute approximate surface area is 102 Å². The molecule has 0 unspecified atom stereocenters. The molecular formula is C12H19N3O2. The average Bonchev–Trinajstić information content (AvgIpc) is 2.19. The number of amides is 1. The van der Waals surface area contributed by atoms with Gasteiger partial charge in [-0.1, -0.05) is 0 Å². The van der Waals surface area contributed by atoms with Crippen molar-refractivity contribution in [3.63, 3.8) is 0 Å². The molecule has 0 aliphatic heterocycles. The first-order chi connectivity index (χ1) is 7.90. The first kappa shape index (κ1) is 13.3. The summed E-state index contributed by atoms with van der Waals surface area (Å²) in [6, 6.07) is 3.59. The van der Waals surface area contributed by atoms with E-state index in [1.54, 1.807) is 19.2 Å². The van der Waals surface area contributed by atoms with Crippen LogP contribution in [0.3, 0.4) is 0 Å². The minimum Gasteiger partial charge on any atom is -0.450 e. The fourth-order valence-electron chi connectivity index (χ4n) is 1.25. The van der Waals surface area contributed by atoms with Crippen LogP contribution in [0.2, 0.25) is 0 Å². The Morgan fingerprint density at radius 3 is 2.59 bits per heavy atom. The van der Waals surface area contributed by atoms with Crippen LogP contribution in [-0.4, -0.2) is 23.2 Å². The summed E-state index contributed by atoms with van der Waals surface area (Å²) in [6.45, 7) is 8.30. The number of nitrogens with one attached hydrogen (secondary N) is 2. The molecule has 0 atom stereocenters. The predicted octanol–water partition coefficient (Wildman–Crippen LogP) is 2.86. The lowest BCUT2D eigenvalue weighted by atomic mass is 10.1. The molecule has 1 heterocycles. The average molecular weight is 237 g/mol. The molecule has 0 fully saturated rings. The Bertz CT molecular complexity index is 368. The first-order valence-electron chi connectivity index (χ1n) is 5.59. The van der Waals surface area contributed by atoms with Gasteiger partial charge in [0.15, 0.2) is 0 Å². The SMILES string of the molecule is CCOC(=O)Nc1ccc(NC(C)(C)C)cn1. The van der Waals surface area contributed by atoms with Crippen molar-refractivity contribution in [3.05, 3.63) is 18.3 Å². The highest BCUT2D eigenvalue weighted by molar-refractivity contribution is 5.83. The molecule has 17 heavy (non-hydrogen) atoms. The standard InChI is InChI=1S/C12H19N3O2/c1-5-17-11(16)14-10-7-6-9(8-13-10)15-12(2,3)4/h6-8,15H,5H2,1-4H3,(H,13,14,16). The molecule has 5 heteroatoms. The second-order valence-electron chi connectivity index (χ2n) is 4.65. The van der Waals surface area contributed by atoms with Gasteiger partial charge in [0.1, 0.15) is 5.82 Å². The molecule has 0 aliphatic rings. The number of nitrogens with zero attached hydrogens (tertiary/aromatic N) is 1. The van der Waals surface area contributed by atoms with E-state index in [-0.39, 0.29) is 5.54 Å². The molecular weight excluding hydrogens is 218 g/mol. The summed E-state index contributed by atoms with van der Waals surface area (Å²) in [4.78, 5) is 15.2. The van der Waals surface area contributed by atoms with Gasteiger partial charge in [0.25, 0.3) is 0 Å². The van der Waals surface area contributed by atoms with Gasteiger partial charge in [-0.2, -0.15) is 0 Å². The third kappa shape index (κ3) is 5.19. The van der Waals surface area contributed by atoms with Crippen LogP contribution < -0.4 is 10.6 Å². The molecule has 1 amide bonds. The fourth-order valence-corrected chi connectivity index (χ4v) is 1.25. The highest BCUT2D eigenvalue weighted by Crippen LogP contribution is 2.15. The number of aromatic nitrogens is 1. The number of hydrogen-bond donors (Lipinski definition) is 2. The van der Waals surface area contributed by atoms with Crippen molar-refractivity contribution in [2.75, 3.05) is 17.2 Å². The summed E-state index contributed by atoms with van der Waals surface area (Å²) in [7, 11) is 0. The lowest BCUT2D eigenvalue weighted by molar-refractivity contribution is 0.168. The van der Waals surface area contributed by atoms with Crippen LogP contribution in [-0.2, 0) is 4.74 Å². The molecule has 0 spiro atoms. The van der Waals surface area contributed by atoms with Crippen LogP contribution in [0.4, 0.5) is 16.3 Å². The largest absolute Gasteiger partial charge is 0.450 e. The van der Waals surface area contributed by atoms with Crippen molar-refractivity contribution < 1.29 is 9.53 Å². The number of rotatable bonds is 3. The molecule has 94 valence electrons. The quantitative estimate of drug-likeness (QED) is 0.848. The fraction of sp³-hybridized carbons (Fsp3) is 0.500. The van der Waals surface area contributed by atoms with Crippen LogP contribution in [0.25, 0.3) is 0 Å². The Morgan fingerprint density at radius 1 is 1.41 bits per heavy atom. The van der Waals surface area contributed by atoms with E-state index in [0.717, 1.165) is 5.69 Å². The highest BCUT2D eigenvalue weighted by Gasteiger charge is 2.09. The monoisotopic (exact) mass is 237 g/mol. The number of carbonyl (C=O) groups is 1. The van der Waals surface area contributed by atoms with Crippen molar-refractivity contribution in [2.45, 2.75) is 33.2 Å². The number of hydrogen-bond acceptors (Lipinski definition) is 4. The third-order valence-electron chi connectivity index (χ3n) is 1.79. The van der Waals surface area contributed by atoms with Gasteiger partial charge >= 0.3 is 6.09 Å². The second-order valence-corrected chi connectivity index (χ2v) is 4.65. The van der Waals surface area contributed by atoms with E-state index in [1.165, 1.54) is 0 Å². The van der Waals surface area contributed by atoms with Crippen LogP contribution in [0.1, 0.15) is 27.7 Å². The Morgan fingerprint density at radius 2 is 2.12 bits per heavy atom. The first-order valence-corrected chi connectivity index (χ1v) is 5.59. The van der Waals surface area contributed by atoms with E-state index in [2.05, 4.69) is 36.4 Å². The van der Waals surface area contributed by atoms with Gasteiger partial charge in [-0.25, -0.2) is 9.78 Å². The summed E-state index contributed by atoms with van der Waals surface area (Å²) >= 11 is 0. The van der Waals surface area contributed by atoms with Crippen molar-refractivity contribution >= 4 is 17.6 Å². The van der Waals surface area contributed by atoms with Crippen molar-refractivity contribution in [2.24, 2.45) is 0 Å². The lowest BCUT2D eigenvalue weighted by Gasteiger charge is -2.21. The van der Waals surface area contributed by atoms with Gasteiger partial charge in [0, 0.05) is 5.54 Å². The second kappa shape index (κ2) is 5.52. The van der Waals surface area contributed by atoms with Gasteiger partial charge in [-0.15, -0.1) is 0 Å². The molecule has 0 saturated carbocycles. The van der Waals surface area contributed by atoms with Crippen molar-refractivity contribution in [3.8, 4) is 0 Å². The maximum atomic E-state index is 11.1. The summed E-state index contributed by atoms with van der Waals surface area (Å²) in [5.41, 5.74) is 0.893. The van der Waals surface area contributed by atoms with Gasteiger partial charge < -0.3 is 10.1 Å². The van der Waals surface area contributed by atoms with Crippen LogP contribution in [0, 0.1) is 0 Å². The molecule has 2 N–H and O–H groups in total. The maximum Gasteiger partial charge on any atom is 0.412 e. The van der Waals surface area contributed by atoms with Crippen molar-refractivity contribution in [1.29, 1.82) is 0 Å². The number of pyridine rings is 1. The van der Waals surface area contributed by atoms with Crippen molar-refractivity contribution in [1.82, 2.24) is 4.98 Å². The Hall–Kier alpha value is -1.78. The van der Waals surface area contributed by atoms with E-state index in [9.17, 15) is 4.79 Å². The van der Waals surface area contributed by atoms with E-state index in [4.69, 9.17) is 4.74 Å². The van der Waals surface area contributed by atoms with Crippen LogP contribution in [0.5, 0.6) is 0 Å². The summed E-state index contributed by atoms with van der Waals surface area (Å²) in [5, 5.41) is 5.81. The minimum absolute atomic E-state index is 0.0161. The molecule has 0 aliphatic carbocycles. The Kier molecular flexibility index (Phi) is 4.31. The molecule has 0 aromatic carbocycles. The topological polar surface area (TPSA) is 63.2 Å². The lowest BCUT2D eigenvalue weighted by Crippen LogP contribution is -2.26. The highest BCUT2D eigenvalue weighted by atomic mass is 16.5. The van der Waals surface area contributed by atoms with E-state index in [1.807, 2.05) is 6.07 Å². The molecule has 1 aromatic rings. The Balaban J connectivity index is 2.59. The van der Waals surface area contributed by atoms with E-state index >= 15 is 0 Å². The van der Waals surface area contributed by atoms with E-state index < -0.39 is 6.09 Å². The van der Waals surface area contributed by atoms with Gasteiger partial charge in [-0.3, -0.25) is 5.32 Å². The zero-order chi connectivity index (χ0) is 12.9. The third-order valence-corrected chi connectivity index (χ3v) is 1.79. The summed E-state index contributed by atoms with van der Waals surface area (Å²) < 4.78 is 4.75. The predicted molar refractivity (Wildman–Crippen MR) is 68.3 cm³/mol. The maximum absolute atomic E-state index is 11.1. The normalized spacial score (nSPS) is 10.8. The van der Waals surface area contributed by atoms with Gasteiger partial charge in [-0.05, 0) is 39.8 Å². The summed E-state index contributed by atoms with van der Waals surface area (Å²) in [6.07, 6.45) is 1.18. The smallest absolute Gasteiger partial charge is 0.412 e. The zero-order valence-corrected chi connectivity index (χ0v) is 10.7.